The Hall–Kier alpha value is -1.69. The van der Waals surface area contributed by atoms with E-state index in [9.17, 15) is 10.1 Å². The van der Waals surface area contributed by atoms with Crippen LogP contribution < -0.4 is 0 Å². The van der Waals surface area contributed by atoms with Crippen molar-refractivity contribution in [2.75, 3.05) is 0 Å². The average molecular weight is 269 g/mol. The summed E-state index contributed by atoms with van der Waals surface area (Å²) in [4.78, 5) is 13.9. The Balaban J connectivity index is 2.47. The molecule has 0 spiro atoms. The Morgan fingerprint density at radius 3 is 2.80 bits per heavy atom. The van der Waals surface area contributed by atoms with Gasteiger partial charge in [0.05, 0.1) is 15.6 Å². The summed E-state index contributed by atoms with van der Waals surface area (Å²) in [6, 6.07) is 4.66. The second-order valence-corrected chi connectivity index (χ2v) is 3.64. The van der Waals surface area contributed by atoms with Crippen LogP contribution in [0.5, 0.6) is 0 Å². The van der Waals surface area contributed by atoms with Gasteiger partial charge in [-0.2, -0.15) is 0 Å². The number of rotatable bonds is 2. The van der Waals surface area contributed by atoms with E-state index in [1.807, 2.05) is 0 Å². The zero-order valence-corrected chi connectivity index (χ0v) is 8.97. The van der Waals surface area contributed by atoms with Gasteiger partial charge < -0.3 is 4.42 Å². The number of hydrogen-bond donors (Lipinski definition) is 0. The van der Waals surface area contributed by atoms with Gasteiger partial charge in [-0.15, -0.1) is 0 Å². The second kappa shape index (κ2) is 3.82. The Labute approximate surface area is 93.0 Å². The van der Waals surface area contributed by atoms with Crippen LogP contribution >= 0.6 is 15.9 Å². The number of oxazole rings is 1. The first kappa shape index (κ1) is 9.85. The molecule has 0 atom stereocenters. The van der Waals surface area contributed by atoms with Crippen LogP contribution in [0.4, 0.5) is 5.69 Å². The van der Waals surface area contributed by atoms with Gasteiger partial charge in [0.15, 0.2) is 12.2 Å². The fourth-order valence-corrected chi connectivity index (χ4v) is 1.69. The molecule has 0 bridgehead atoms. The first-order valence-corrected chi connectivity index (χ1v) is 4.80. The molecule has 15 heavy (non-hydrogen) atoms. The van der Waals surface area contributed by atoms with Crippen LogP contribution in [0.25, 0.3) is 11.3 Å². The third-order valence-corrected chi connectivity index (χ3v) is 2.50. The third-order valence-electron chi connectivity index (χ3n) is 1.86. The van der Waals surface area contributed by atoms with Gasteiger partial charge in [-0.25, -0.2) is 4.98 Å². The van der Waals surface area contributed by atoms with Crippen LogP contribution in [0, 0.1) is 10.1 Å². The lowest BCUT2D eigenvalue weighted by Gasteiger charge is -1.98. The van der Waals surface area contributed by atoms with Crippen LogP contribution in [0.2, 0.25) is 0 Å². The monoisotopic (exact) mass is 268 g/mol. The van der Waals surface area contributed by atoms with Gasteiger partial charge >= 0.3 is 0 Å². The summed E-state index contributed by atoms with van der Waals surface area (Å²) < 4.78 is 5.49. The highest BCUT2D eigenvalue weighted by Gasteiger charge is 2.13. The molecule has 1 heterocycles. The zero-order chi connectivity index (χ0) is 10.8. The summed E-state index contributed by atoms with van der Waals surface area (Å²) >= 11 is 3.13. The number of benzene rings is 1. The van der Waals surface area contributed by atoms with E-state index in [0.29, 0.717) is 10.2 Å². The molecular weight excluding hydrogens is 264 g/mol. The first-order valence-electron chi connectivity index (χ1n) is 4.01. The van der Waals surface area contributed by atoms with Crippen molar-refractivity contribution in [3.8, 4) is 11.3 Å². The number of halogens is 1. The van der Waals surface area contributed by atoms with Crippen molar-refractivity contribution >= 4 is 21.6 Å². The molecule has 0 fully saturated rings. The highest BCUT2D eigenvalue weighted by Crippen LogP contribution is 2.30. The highest BCUT2D eigenvalue weighted by molar-refractivity contribution is 9.10. The van der Waals surface area contributed by atoms with Crippen molar-refractivity contribution in [2.45, 2.75) is 0 Å². The quantitative estimate of drug-likeness (QED) is 0.620. The predicted molar refractivity (Wildman–Crippen MR) is 56.3 cm³/mol. The van der Waals surface area contributed by atoms with Gasteiger partial charge in [-0.1, -0.05) is 0 Å². The average Bonchev–Trinajstić information content (AvgIpc) is 2.69. The molecule has 1 aromatic heterocycles. The van der Waals surface area contributed by atoms with Crippen molar-refractivity contribution in [1.29, 1.82) is 0 Å². The summed E-state index contributed by atoms with van der Waals surface area (Å²) in [5.74, 6) is 0.575. The molecule has 0 amide bonds. The van der Waals surface area contributed by atoms with E-state index in [1.54, 1.807) is 18.3 Å². The number of hydrogen-bond acceptors (Lipinski definition) is 4. The summed E-state index contributed by atoms with van der Waals surface area (Å²) in [5, 5.41) is 10.6. The minimum absolute atomic E-state index is 0.0262. The summed E-state index contributed by atoms with van der Waals surface area (Å²) in [7, 11) is 0. The molecule has 0 N–H and O–H groups in total. The molecule has 0 unspecified atom stereocenters. The van der Waals surface area contributed by atoms with Gasteiger partial charge in [0.2, 0.25) is 0 Å². The molecule has 1 aromatic carbocycles. The van der Waals surface area contributed by atoms with Crippen molar-refractivity contribution in [3.05, 3.63) is 45.4 Å². The number of nitro benzene ring substituents is 1. The van der Waals surface area contributed by atoms with Crippen molar-refractivity contribution < 1.29 is 9.34 Å². The van der Waals surface area contributed by atoms with Gasteiger partial charge in [0.25, 0.3) is 5.69 Å². The molecular formula is C9H5BrN2O3. The molecule has 2 aromatic rings. The van der Waals surface area contributed by atoms with E-state index in [4.69, 9.17) is 4.42 Å². The maximum absolute atomic E-state index is 10.6. The third kappa shape index (κ3) is 1.89. The normalized spacial score (nSPS) is 10.2. The number of nitro groups is 1. The fraction of sp³-hybridized carbons (Fsp3) is 0. The van der Waals surface area contributed by atoms with E-state index in [-0.39, 0.29) is 5.69 Å². The lowest BCUT2D eigenvalue weighted by molar-refractivity contribution is -0.385. The molecule has 0 radical (unpaired) electrons. The van der Waals surface area contributed by atoms with E-state index in [0.717, 1.165) is 5.56 Å². The largest absolute Gasteiger partial charge is 0.444 e. The maximum Gasteiger partial charge on any atom is 0.283 e. The van der Waals surface area contributed by atoms with E-state index >= 15 is 0 Å². The van der Waals surface area contributed by atoms with E-state index in [1.165, 1.54) is 12.5 Å². The van der Waals surface area contributed by atoms with Crippen molar-refractivity contribution in [3.63, 3.8) is 0 Å². The predicted octanol–water partition coefficient (Wildman–Crippen LogP) is 3.01. The van der Waals surface area contributed by atoms with Crippen LogP contribution in [-0.4, -0.2) is 9.91 Å². The molecule has 0 aliphatic rings. The van der Waals surface area contributed by atoms with Gasteiger partial charge in [-0.3, -0.25) is 10.1 Å². The molecule has 5 nitrogen and oxygen atoms in total. The van der Waals surface area contributed by atoms with Crippen molar-refractivity contribution in [1.82, 2.24) is 4.98 Å². The van der Waals surface area contributed by atoms with Gasteiger partial charge in [0.1, 0.15) is 0 Å². The molecule has 6 heteroatoms. The Morgan fingerprint density at radius 1 is 1.47 bits per heavy atom. The summed E-state index contributed by atoms with van der Waals surface area (Å²) in [5.41, 5.74) is 0.767. The van der Waals surface area contributed by atoms with E-state index in [2.05, 4.69) is 20.9 Å². The molecule has 0 saturated heterocycles. The maximum atomic E-state index is 10.6. The van der Waals surface area contributed by atoms with Crippen LogP contribution in [0.1, 0.15) is 0 Å². The minimum atomic E-state index is -0.450. The lowest BCUT2D eigenvalue weighted by atomic mass is 10.2. The standard InChI is InChI=1S/C9H5BrN2O3/c10-7-3-6(9-4-11-5-15-9)1-2-8(7)12(13)14/h1-5H. The molecule has 0 aliphatic heterocycles. The first-order chi connectivity index (χ1) is 7.18. The summed E-state index contributed by atoms with van der Waals surface area (Å²) in [6.45, 7) is 0. The highest BCUT2D eigenvalue weighted by atomic mass is 79.9. The summed E-state index contributed by atoms with van der Waals surface area (Å²) in [6.07, 6.45) is 2.86. The Kier molecular flexibility index (Phi) is 2.51. The fourth-order valence-electron chi connectivity index (χ4n) is 1.17. The molecule has 0 aliphatic carbocycles. The molecule has 76 valence electrons. The number of aromatic nitrogens is 1. The smallest absolute Gasteiger partial charge is 0.283 e. The Bertz CT molecular complexity index is 496. The topological polar surface area (TPSA) is 69.2 Å². The SMILES string of the molecule is O=[N+]([O-])c1ccc(-c2cnco2)cc1Br. The van der Waals surface area contributed by atoms with Crippen molar-refractivity contribution in [2.24, 2.45) is 0 Å². The molecule has 2 rings (SSSR count). The lowest BCUT2D eigenvalue weighted by Crippen LogP contribution is -1.89. The zero-order valence-electron chi connectivity index (χ0n) is 7.38. The Morgan fingerprint density at radius 2 is 2.27 bits per heavy atom. The molecule has 0 saturated carbocycles. The minimum Gasteiger partial charge on any atom is -0.444 e. The van der Waals surface area contributed by atoms with E-state index < -0.39 is 4.92 Å². The number of nitrogens with zero attached hydrogens (tertiary/aromatic N) is 2. The van der Waals surface area contributed by atoms with Gasteiger partial charge in [0, 0.05) is 11.6 Å². The second-order valence-electron chi connectivity index (χ2n) is 2.79. The van der Waals surface area contributed by atoms with Crippen LogP contribution in [-0.2, 0) is 0 Å². The van der Waals surface area contributed by atoms with Crippen LogP contribution in [0.15, 0.2) is 39.7 Å². The van der Waals surface area contributed by atoms with Crippen LogP contribution in [0.3, 0.4) is 0 Å². The van der Waals surface area contributed by atoms with Gasteiger partial charge in [-0.05, 0) is 28.1 Å².